The van der Waals surface area contributed by atoms with Crippen molar-refractivity contribution in [2.24, 2.45) is 7.05 Å². The summed E-state index contributed by atoms with van der Waals surface area (Å²) >= 11 is 0. The van der Waals surface area contributed by atoms with Crippen molar-refractivity contribution < 1.29 is 14.6 Å². The Morgan fingerprint density at radius 2 is 2.17 bits per heavy atom. The summed E-state index contributed by atoms with van der Waals surface area (Å²) in [7, 11) is 1.74. The third-order valence-corrected chi connectivity index (χ3v) is 2.34. The Balaban J connectivity index is 2.28. The van der Waals surface area contributed by atoms with E-state index in [0.29, 0.717) is 11.6 Å². The molecule has 1 N–H and O–H groups in total. The minimum atomic E-state index is -1.06. The summed E-state index contributed by atoms with van der Waals surface area (Å²) in [4.78, 5) is 18.6. The largest absolute Gasteiger partial charge is 0.478 e. The quantitative estimate of drug-likeness (QED) is 0.880. The first-order chi connectivity index (χ1) is 8.47. The molecule has 7 heteroatoms. The highest BCUT2D eigenvalue weighted by Gasteiger charge is 2.12. The van der Waals surface area contributed by atoms with E-state index < -0.39 is 5.97 Å². The highest BCUT2D eigenvalue weighted by molar-refractivity contribution is 5.88. The van der Waals surface area contributed by atoms with Gasteiger partial charge in [-0.2, -0.15) is 10.1 Å². The first-order valence-corrected chi connectivity index (χ1v) is 5.23. The van der Waals surface area contributed by atoms with Gasteiger partial charge in [0.05, 0.1) is 17.0 Å². The maximum atomic E-state index is 10.8. The maximum absolute atomic E-state index is 10.8. The molecule has 94 valence electrons. The monoisotopic (exact) mass is 248 g/mol. The Labute approximate surface area is 103 Å². The van der Waals surface area contributed by atoms with E-state index in [4.69, 9.17) is 9.84 Å². The van der Waals surface area contributed by atoms with Crippen molar-refractivity contribution in [3.8, 4) is 11.9 Å². The molecule has 0 bridgehead atoms. The lowest BCUT2D eigenvalue weighted by atomic mass is 10.2. The molecule has 0 aliphatic rings. The lowest BCUT2D eigenvalue weighted by molar-refractivity contribution is 0.0695. The molecule has 0 saturated heterocycles. The molecular weight excluding hydrogens is 236 g/mol. The highest BCUT2D eigenvalue weighted by atomic mass is 16.5. The summed E-state index contributed by atoms with van der Waals surface area (Å²) in [6, 6.07) is 1.84. The van der Waals surface area contributed by atoms with Gasteiger partial charge in [0.1, 0.15) is 0 Å². The van der Waals surface area contributed by atoms with Crippen LogP contribution in [0.4, 0.5) is 0 Å². The number of aromatic nitrogens is 4. The van der Waals surface area contributed by atoms with Gasteiger partial charge >= 0.3 is 12.0 Å². The molecule has 0 amide bonds. The van der Waals surface area contributed by atoms with Crippen LogP contribution in [0.3, 0.4) is 0 Å². The molecule has 2 heterocycles. The molecule has 0 fully saturated rings. The van der Waals surface area contributed by atoms with Gasteiger partial charge < -0.3 is 9.84 Å². The highest BCUT2D eigenvalue weighted by Crippen LogP contribution is 2.18. The second-order valence-electron chi connectivity index (χ2n) is 3.81. The Bertz CT molecular complexity index is 606. The topological polar surface area (TPSA) is 90.1 Å². The van der Waals surface area contributed by atoms with Crippen LogP contribution in [0.1, 0.15) is 21.7 Å². The van der Waals surface area contributed by atoms with E-state index in [2.05, 4.69) is 15.1 Å². The van der Waals surface area contributed by atoms with Gasteiger partial charge in [0.2, 0.25) is 5.88 Å². The second-order valence-corrected chi connectivity index (χ2v) is 3.81. The third kappa shape index (κ3) is 2.29. The molecule has 0 aliphatic heterocycles. The van der Waals surface area contributed by atoms with Gasteiger partial charge in [-0.1, -0.05) is 0 Å². The van der Waals surface area contributed by atoms with Crippen molar-refractivity contribution in [3.63, 3.8) is 0 Å². The molecule has 0 atom stereocenters. The van der Waals surface area contributed by atoms with Gasteiger partial charge in [-0.05, 0) is 13.8 Å². The molecule has 0 radical (unpaired) electrons. The molecule has 2 aromatic rings. The Kier molecular flexibility index (Phi) is 2.97. The number of nitrogens with zero attached hydrogens (tertiary/aromatic N) is 4. The van der Waals surface area contributed by atoms with E-state index in [-0.39, 0.29) is 11.6 Å². The molecule has 7 nitrogen and oxygen atoms in total. The van der Waals surface area contributed by atoms with E-state index in [1.165, 1.54) is 6.20 Å². The van der Waals surface area contributed by atoms with Crippen LogP contribution < -0.4 is 4.74 Å². The molecule has 2 rings (SSSR count). The standard InChI is InChI=1S/C11H12N4O3/c1-6-4-9(15(3)14-6)18-11-12-5-8(10(16)17)7(2)13-11/h4-5H,1-3H3,(H,16,17). The Hall–Kier alpha value is -2.44. The molecule has 0 aromatic carbocycles. The van der Waals surface area contributed by atoms with E-state index in [0.717, 1.165) is 5.69 Å². The zero-order valence-corrected chi connectivity index (χ0v) is 10.2. The molecule has 0 spiro atoms. The number of carbonyl (C=O) groups is 1. The van der Waals surface area contributed by atoms with Crippen molar-refractivity contribution in [2.45, 2.75) is 13.8 Å². The van der Waals surface area contributed by atoms with Crippen LogP contribution >= 0.6 is 0 Å². The molecule has 0 unspecified atom stereocenters. The summed E-state index contributed by atoms with van der Waals surface area (Å²) in [6.07, 6.45) is 1.23. The average Bonchev–Trinajstić information content (AvgIpc) is 2.57. The smallest absolute Gasteiger partial charge is 0.339 e. The first-order valence-electron chi connectivity index (χ1n) is 5.23. The van der Waals surface area contributed by atoms with Crippen molar-refractivity contribution >= 4 is 5.97 Å². The lowest BCUT2D eigenvalue weighted by Gasteiger charge is -2.05. The molecule has 0 saturated carbocycles. The Morgan fingerprint density at radius 1 is 1.44 bits per heavy atom. The molecule has 0 aliphatic carbocycles. The number of hydrogen-bond acceptors (Lipinski definition) is 5. The number of carboxylic acids is 1. The fourth-order valence-electron chi connectivity index (χ4n) is 1.48. The zero-order chi connectivity index (χ0) is 13.3. The molecule has 18 heavy (non-hydrogen) atoms. The third-order valence-electron chi connectivity index (χ3n) is 2.34. The van der Waals surface area contributed by atoms with Crippen LogP contribution in [-0.4, -0.2) is 30.8 Å². The minimum absolute atomic E-state index is 0.0588. The predicted molar refractivity (Wildman–Crippen MR) is 61.7 cm³/mol. The number of aromatic carboxylic acids is 1. The fraction of sp³-hybridized carbons (Fsp3) is 0.273. The summed E-state index contributed by atoms with van der Waals surface area (Å²) in [5.74, 6) is -0.564. The summed E-state index contributed by atoms with van der Waals surface area (Å²) in [6.45, 7) is 3.43. The van der Waals surface area contributed by atoms with Crippen LogP contribution in [0, 0.1) is 13.8 Å². The van der Waals surface area contributed by atoms with Gasteiger partial charge in [0.25, 0.3) is 0 Å². The van der Waals surface area contributed by atoms with Crippen molar-refractivity contribution in [1.29, 1.82) is 0 Å². The minimum Gasteiger partial charge on any atom is -0.478 e. The van der Waals surface area contributed by atoms with Crippen LogP contribution in [0.15, 0.2) is 12.3 Å². The summed E-state index contributed by atoms with van der Waals surface area (Å²) in [5.41, 5.74) is 1.22. The number of rotatable bonds is 3. The van der Waals surface area contributed by atoms with Crippen molar-refractivity contribution in [1.82, 2.24) is 19.7 Å². The predicted octanol–water partition coefficient (Wildman–Crippen LogP) is 1.32. The van der Waals surface area contributed by atoms with E-state index in [1.807, 2.05) is 6.92 Å². The summed E-state index contributed by atoms with van der Waals surface area (Å²) in [5, 5.41) is 13.0. The number of aryl methyl sites for hydroxylation is 3. The second kappa shape index (κ2) is 4.44. The SMILES string of the molecule is Cc1cc(Oc2ncc(C(=O)O)c(C)n2)n(C)n1. The van der Waals surface area contributed by atoms with Gasteiger partial charge in [-0.15, -0.1) is 0 Å². The zero-order valence-electron chi connectivity index (χ0n) is 10.2. The van der Waals surface area contributed by atoms with Crippen molar-refractivity contribution in [3.05, 3.63) is 29.2 Å². The van der Waals surface area contributed by atoms with E-state index in [1.54, 1.807) is 24.7 Å². The van der Waals surface area contributed by atoms with Crippen LogP contribution in [-0.2, 0) is 7.05 Å². The van der Waals surface area contributed by atoms with Gasteiger partial charge in [-0.3, -0.25) is 0 Å². The number of hydrogen-bond donors (Lipinski definition) is 1. The number of ether oxygens (including phenoxy) is 1. The van der Waals surface area contributed by atoms with E-state index >= 15 is 0 Å². The summed E-state index contributed by atoms with van der Waals surface area (Å²) < 4.78 is 6.99. The molecule has 2 aromatic heterocycles. The first kappa shape index (κ1) is 12.0. The maximum Gasteiger partial charge on any atom is 0.339 e. The van der Waals surface area contributed by atoms with Crippen LogP contribution in [0.5, 0.6) is 11.9 Å². The van der Waals surface area contributed by atoms with Crippen LogP contribution in [0.25, 0.3) is 0 Å². The van der Waals surface area contributed by atoms with Crippen molar-refractivity contribution in [2.75, 3.05) is 0 Å². The average molecular weight is 248 g/mol. The molecular formula is C11H12N4O3. The normalized spacial score (nSPS) is 10.4. The fourth-order valence-corrected chi connectivity index (χ4v) is 1.48. The number of carboxylic acid groups (broad SMARTS) is 1. The van der Waals surface area contributed by atoms with E-state index in [9.17, 15) is 4.79 Å². The van der Waals surface area contributed by atoms with Gasteiger partial charge in [-0.25, -0.2) is 14.5 Å². The lowest BCUT2D eigenvalue weighted by Crippen LogP contribution is -2.05. The van der Waals surface area contributed by atoms with Crippen LogP contribution in [0.2, 0.25) is 0 Å². The van der Waals surface area contributed by atoms with Gasteiger partial charge in [0, 0.05) is 19.3 Å². The van der Waals surface area contributed by atoms with Gasteiger partial charge in [0.15, 0.2) is 0 Å². The Morgan fingerprint density at radius 3 is 2.67 bits per heavy atom.